The Balaban J connectivity index is 2.25. The van der Waals surface area contributed by atoms with E-state index in [0.29, 0.717) is 5.52 Å². The molecule has 0 saturated heterocycles. The van der Waals surface area contributed by atoms with Crippen molar-refractivity contribution in [2.75, 3.05) is 12.0 Å². The fourth-order valence-corrected chi connectivity index (χ4v) is 2.05. The van der Waals surface area contributed by atoms with Gasteiger partial charge in [-0.15, -0.1) is 0 Å². The van der Waals surface area contributed by atoms with E-state index in [-0.39, 0.29) is 11.9 Å². The monoisotopic (exact) mass is 239 g/mol. The predicted molar refractivity (Wildman–Crippen MR) is 66.0 cm³/mol. The number of benzene rings is 1. The standard InChI is InChI=1S/C11H14FN3S/c1-16-5-4-8(13)11-14-9-3-2-7(12)6-10(9)15-11/h2-3,6,8H,4-5,13H2,1H3,(H,14,15). The summed E-state index contributed by atoms with van der Waals surface area (Å²) in [7, 11) is 0. The van der Waals surface area contributed by atoms with Gasteiger partial charge < -0.3 is 10.7 Å². The summed E-state index contributed by atoms with van der Waals surface area (Å²) in [5.74, 6) is 1.46. The molecule has 0 saturated carbocycles. The van der Waals surface area contributed by atoms with E-state index < -0.39 is 0 Å². The number of nitrogens with two attached hydrogens (primary N) is 1. The van der Waals surface area contributed by atoms with Gasteiger partial charge in [0.2, 0.25) is 0 Å². The van der Waals surface area contributed by atoms with Crippen LogP contribution in [-0.2, 0) is 0 Å². The quantitative estimate of drug-likeness (QED) is 0.861. The molecule has 1 unspecified atom stereocenters. The Kier molecular flexibility index (Phi) is 3.46. The first kappa shape index (κ1) is 11.4. The van der Waals surface area contributed by atoms with E-state index in [1.807, 2.05) is 6.26 Å². The number of thioether (sulfide) groups is 1. The Morgan fingerprint density at radius 1 is 1.56 bits per heavy atom. The smallest absolute Gasteiger partial charge is 0.125 e. The summed E-state index contributed by atoms with van der Waals surface area (Å²) in [5.41, 5.74) is 7.45. The maximum atomic E-state index is 13.0. The third-order valence-electron chi connectivity index (χ3n) is 2.45. The fraction of sp³-hybridized carbons (Fsp3) is 0.364. The van der Waals surface area contributed by atoms with Crippen LogP contribution in [0.5, 0.6) is 0 Å². The molecule has 2 aromatic rings. The SMILES string of the molecule is CSCCC(N)c1nc2ccc(F)cc2[nH]1. The number of H-pyrrole nitrogens is 1. The topological polar surface area (TPSA) is 54.7 Å². The summed E-state index contributed by atoms with van der Waals surface area (Å²) in [6.07, 6.45) is 2.91. The van der Waals surface area contributed by atoms with Crippen molar-refractivity contribution in [2.24, 2.45) is 5.73 Å². The minimum atomic E-state index is -0.264. The Morgan fingerprint density at radius 2 is 2.38 bits per heavy atom. The van der Waals surface area contributed by atoms with Gasteiger partial charge >= 0.3 is 0 Å². The number of imidazole rings is 1. The van der Waals surface area contributed by atoms with Crippen molar-refractivity contribution in [3.63, 3.8) is 0 Å². The molecule has 86 valence electrons. The van der Waals surface area contributed by atoms with Crippen LogP contribution in [-0.4, -0.2) is 22.0 Å². The largest absolute Gasteiger partial charge is 0.341 e. The molecule has 2 rings (SSSR count). The van der Waals surface area contributed by atoms with Crippen molar-refractivity contribution in [3.8, 4) is 0 Å². The number of rotatable bonds is 4. The van der Waals surface area contributed by atoms with Gasteiger partial charge in [-0.3, -0.25) is 0 Å². The maximum absolute atomic E-state index is 13.0. The molecule has 0 radical (unpaired) electrons. The molecule has 0 spiro atoms. The molecular weight excluding hydrogens is 225 g/mol. The zero-order chi connectivity index (χ0) is 11.5. The van der Waals surface area contributed by atoms with Gasteiger partial charge in [-0.1, -0.05) is 0 Å². The molecule has 3 N–H and O–H groups in total. The Morgan fingerprint density at radius 3 is 3.12 bits per heavy atom. The van der Waals surface area contributed by atoms with Gasteiger partial charge in [-0.25, -0.2) is 9.37 Å². The van der Waals surface area contributed by atoms with Crippen molar-refractivity contribution >= 4 is 22.8 Å². The number of fused-ring (bicyclic) bond motifs is 1. The highest BCUT2D eigenvalue weighted by Crippen LogP contribution is 2.18. The lowest BCUT2D eigenvalue weighted by Crippen LogP contribution is -2.12. The van der Waals surface area contributed by atoms with E-state index in [1.54, 1.807) is 17.8 Å². The molecule has 5 heteroatoms. The molecule has 0 fully saturated rings. The summed E-state index contributed by atoms with van der Waals surface area (Å²) in [4.78, 5) is 7.41. The zero-order valence-corrected chi connectivity index (χ0v) is 9.85. The molecule has 1 aromatic carbocycles. The number of nitrogens with one attached hydrogen (secondary N) is 1. The maximum Gasteiger partial charge on any atom is 0.125 e. The van der Waals surface area contributed by atoms with Gasteiger partial charge in [-0.2, -0.15) is 11.8 Å². The second-order valence-corrected chi connectivity index (χ2v) is 4.66. The Labute approximate surface area is 97.6 Å². The van der Waals surface area contributed by atoms with Crippen LogP contribution in [0.2, 0.25) is 0 Å². The summed E-state index contributed by atoms with van der Waals surface area (Å²) in [6, 6.07) is 4.39. The van der Waals surface area contributed by atoms with Crippen LogP contribution in [0, 0.1) is 5.82 Å². The molecule has 0 bridgehead atoms. The number of halogens is 1. The van der Waals surface area contributed by atoms with Crippen molar-refractivity contribution < 1.29 is 4.39 Å². The summed E-state index contributed by atoms with van der Waals surface area (Å²) in [6.45, 7) is 0. The molecule has 1 heterocycles. The molecular formula is C11H14FN3S. The number of nitrogens with zero attached hydrogens (tertiary/aromatic N) is 1. The predicted octanol–water partition coefficient (Wildman–Crippen LogP) is 2.45. The summed E-state index contributed by atoms with van der Waals surface area (Å²) in [5, 5.41) is 0. The second kappa shape index (κ2) is 4.84. The molecule has 0 amide bonds. The first-order valence-electron chi connectivity index (χ1n) is 5.10. The van der Waals surface area contributed by atoms with Crippen LogP contribution in [0.1, 0.15) is 18.3 Å². The first-order chi connectivity index (χ1) is 7.70. The van der Waals surface area contributed by atoms with Gasteiger partial charge in [0.15, 0.2) is 0 Å². The third kappa shape index (κ3) is 2.36. The highest BCUT2D eigenvalue weighted by molar-refractivity contribution is 7.98. The van der Waals surface area contributed by atoms with Crippen LogP contribution in [0.4, 0.5) is 4.39 Å². The Hall–Kier alpha value is -1.07. The van der Waals surface area contributed by atoms with Crippen LogP contribution >= 0.6 is 11.8 Å². The second-order valence-electron chi connectivity index (χ2n) is 3.67. The molecule has 1 atom stereocenters. The van der Waals surface area contributed by atoms with Crippen LogP contribution in [0.15, 0.2) is 18.2 Å². The average Bonchev–Trinajstić information content (AvgIpc) is 2.68. The van der Waals surface area contributed by atoms with Gasteiger partial charge in [0.05, 0.1) is 17.1 Å². The lowest BCUT2D eigenvalue weighted by molar-refractivity contribution is 0.629. The van der Waals surface area contributed by atoms with Crippen molar-refractivity contribution in [1.29, 1.82) is 0 Å². The fourth-order valence-electron chi connectivity index (χ4n) is 1.56. The molecule has 1 aromatic heterocycles. The van der Waals surface area contributed by atoms with E-state index in [1.165, 1.54) is 12.1 Å². The molecule has 0 aliphatic heterocycles. The van der Waals surface area contributed by atoms with Crippen molar-refractivity contribution in [1.82, 2.24) is 9.97 Å². The highest BCUT2D eigenvalue weighted by atomic mass is 32.2. The summed E-state index contributed by atoms with van der Waals surface area (Å²) < 4.78 is 13.0. The van der Waals surface area contributed by atoms with Crippen molar-refractivity contribution in [3.05, 3.63) is 29.8 Å². The lowest BCUT2D eigenvalue weighted by Gasteiger charge is -2.06. The number of aromatic nitrogens is 2. The molecule has 0 aliphatic carbocycles. The van der Waals surface area contributed by atoms with Crippen molar-refractivity contribution in [2.45, 2.75) is 12.5 Å². The van der Waals surface area contributed by atoms with Gasteiger partial charge in [0, 0.05) is 0 Å². The van der Waals surface area contributed by atoms with Gasteiger partial charge in [0.1, 0.15) is 11.6 Å². The van der Waals surface area contributed by atoms with Crippen LogP contribution in [0.25, 0.3) is 11.0 Å². The number of hydrogen-bond donors (Lipinski definition) is 2. The van der Waals surface area contributed by atoms with Crippen LogP contribution < -0.4 is 5.73 Å². The average molecular weight is 239 g/mol. The minimum absolute atomic E-state index is 0.108. The first-order valence-corrected chi connectivity index (χ1v) is 6.50. The van der Waals surface area contributed by atoms with Gasteiger partial charge in [-0.05, 0) is 36.6 Å². The van der Waals surface area contributed by atoms with E-state index in [9.17, 15) is 4.39 Å². The van der Waals surface area contributed by atoms with E-state index >= 15 is 0 Å². The summed E-state index contributed by atoms with van der Waals surface area (Å²) >= 11 is 1.75. The number of hydrogen-bond acceptors (Lipinski definition) is 3. The normalized spacial score (nSPS) is 13.2. The van der Waals surface area contributed by atoms with E-state index in [0.717, 1.165) is 23.5 Å². The molecule has 3 nitrogen and oxygen atoms in total. The Bertz CT molecular complexity index is 483. The lowest BCUT2D eigenvalue weighted by atomic mass is 10.2. The van der Waals surface area contributed by atoms with Gasteiger partial charge in [0.25, 0.3) is 0 Å². The molecule has 0 aliphatic rings. The molecule has 16 heavy (non-hydrogen) atoms. The number of aromatic amines is 1. The minimum Gasteiger partial charge on any atom is -0.341 e. The zero-order valence-electron chi connectivity index (χ0n) is 9.03. The highest BCUT2D eigenvalue weighted by Gasteiger charge is 2.11. The third-order valence-corrected chi connectivity index (χ3v) is 3.09. The van der Waals surface area contributed by atoms with E-state index in [2.05, 4.69) is 9.97 Å². The van der Waals surface area contributed by atoms with Crippen LogP contribution in [0.3, 0.4) is 0 Å². The van der Waals surface area contributed by atoms with E-state index in [4.69, 9.17) is 5.73 Å².